The molecule has 2 aromatic rings. The van der Waals surface area contributed by atoms with Crippen LogP contribution in [0.15, 0.2) is 35.1 Å². The van der Waals surface area contributed by atoms with Gasteiger partial charge in [-0.2, -0.15) is 0 Å². The summed E-state index contributed by atoms with van der Waals surface area (Å²) in [5, 5.41) is 6.04. The molecule has 4 atom stereocenters. The quantitative estimate of drug-likeness (QED) is 0.605. The number of amides is 2. The largest absolute Gasteiger partial charge is 0.480 e. The number of carbonyl (C=O) groups excluding carboxylic acids is 2. The minimum Gasteiger partial charge on any atom is -0.480 e. The van der Waals surface area contributed by atoms with Crippen molar-refractivity contribution in [1.29, 1.82) is 0 Å². The van der Waals surface area contributed by atoms with E-state index in [-0.39, 0.29) is 42.0 Å². The van der Waals surface area contributed by atoms with E-state index < -0.39 is 12.3 Å². The first-order valence-electron chi connectivity index (χ1n) is 11.7. The first kappa shape index (κ1) is 21.8. The fourth-order valence-corrected chi connectivity index (χ4v) is 5.27. The second-order valence-electron chi connectivity index (χ2n) is 9.12. The van der Waals surface area contributed by atoms with Gasteiger partial charge in [-0.25, -0.2) is 14.2 Å². The lowest BCUT2D eigenvalue weighted by atomic mass is 9.87. The molecule has 1 saturated heterocycles. The predicted octanol–water partition coefficient (Wildman–Crippen LogP) is 1.80. The Hall–Kier alpha value is -3.73. The molecule has 2 aromatic heterocycles. The molecule has 0 spiro atoms. The second kappa shape index (κ2) is 8.49. The molecule has 3 aliphatic heterocycles. The minimum absolute atomic E-state index is 0.0653. The summed E-state index contributed by atoms with van der Waals surface area (Å²) < 4.78 is 27.2. The Morgan fingerprint density at radius 2 is 2.06 bits per heavy atom. The smallest absolute Gasteiger partial charge is 0.415 e. The number of cyclic esters (lactones) is 1. The maximum atomic E-state index is 14.7. The van der Waals surface area contributed by atoms with Crippen LogP contribution in [0.3, 0.4) is 0 Å². The Morgan fingerprint density at radius 3 is 2.94 bits per heavy atom. The zero-order valence-electron chi connectivity index (χ0n) is 18.8. The first-order valence-corrected chi connectivity index (χ1v) is 11.7. The molecule has 1 aliphatic carbocycles. The number of allylic oxidation sites excluding steroid dienone is 1. The Labute approximate surface area is 199 Å². The van der Waals surface area contributed by atoms with E-state index in [2.05, 4.69) is 15.6 Å². The number of nitrogens with zero attached hydrogens (tertiary/aromatic N) is 3. The van der Waals surface area contributed by atoms with Gasteiger partial charge in [0.1, 0.15) is 18.1 Å². The number of fused-ring (bicyclic) bond motifs is 1. The van der Waals surface area contributed by atoms with Crippen LogP contribution in [0.4, 0.5) is 20.8 Å². The highest BCUT2D eigenvalue weighted by Crippen LogP contribution is 2.38. The van der Waals surface area contributed by atoms with Crippen molar-refractivity contribution in [3.05, 3.63) is 52.0 Å². The van der Waals surface area contributed by atoms with Crippen LogP contribution in [0.25, 0.3) is 6.08 Å². The van der Waals surface area contributed by atoms with Crippen molar-refractivity contribution in [3.8, 4) is 5.75 Å². The van der Waals surface area contributed by atoms with E-state index in [1.54, 1.807) is 34.9 Å². The number of hydrogen-bond donors (Lipinski definition) is 2. The molecule has 0 radical (unpaired) electrons. The lowest BCUT2D eigenvalue weighted by Crippen LogP contribution is -2.38. The maximum absolute atomic E-state index is 14.7. The molecule has 5 heterocycles. The average molecular weight is 481 g/mol. The van der Waals surface area contributed by atoms with E-state index in [1.807, 2.05) is 0 Å². The van der Waals surface area contributed by atoms with Crippen molar-refractivity contribution in [2.75, 3.05) is 29.9 Å². The first-order chi connectivity index (χ1) is 17.0. The number of halogens is 1. The Balaban J connectivity index is 1.04. The van der Waals surface area contributed by atoms with E-state index in [9.17, 15) is 18.8 Å². The molecule has 2 unspecified atom stereocenters. The summed E-state index contributed by atoms with van der Waals surface area (Å²) >= 11 is 0. The molecule has 0 bridgehead atoms. The highest BCUT2D eigenvalue weighted by molar-refractivity contribution is 5.95. The van der Waals surface area contributed by atoms with Crippen LogP contribution >= 0.6 is 0 Å². The summed E-state index contributed by atoms with van der Waals surface area (Å²) in [5.41, 5.74) is 1.55. The van der Waals surface area contributed by atoms with Crippen LogP contribution in [-0.4, -0.2) is 59.6 Å². The molecular formula is C24H24FN5O5. The van der Waals surface area contributed by atoms with Gasteiger partial charge in [0.15, 0.2) is 18.2 Å². The van der Waals surface area contributed by atoms with Gasteiger partial charge in [-0.1, -0.05) is 6.08 Å². The number of alkyl halides is 1. The Morgan fingerprint density at radius 1 is 1.17 bits per heavy atom. The molecule has 1 fully saturated rings. The summed E-state index contributed by atoms with van der Waals surface area (Å²) in [6.45, 7) is 1.31. The summed E-state index contributed by atoms with van der Waals surface area (Å²) in [5.74, 6) is 0.428. The minimum atomic E-state index is -1.14. The van der Waals surface area contributed by atoms with Crippen molar-refractivity contribution >= 4 is 29.7 Å². The van der Waals surface area contributed by atoms with Crippen molar-refractivity contribution in [3.63, 3.8) is 0 Å². The van der Waals surface area contributed by atoms with Gasteiger partial charge >= 0.3 is 6.09 Å². The lowest BCUT2D eigenvalue weighted by molar-refractivity contribution is -0.118. The van der Waals surface area contributed by atoms with E-state index in [0.717, 1.165) is 11.3 Å². The number of nitrogens with one attached hydrogen (secondary N) is 2. The second-order valence-corrected chi connectivity index (χ2v) is 9.12. The van der Waals surface area contributed by atoms with Crippen LogP contribution in [0.1, 0.15) is 30.0 Å². The summed E-state index contributed by atoms with van der Waals surface area (Å²) in [7, 11) is 0. The van der Waals surface area contributed by atoms with E-state index >= 15 is 0 Å². The van der Waals surface area contributed by atoms with Gasteiger partial charge in [0.05, 0.1) is 12.5 Å². The van der Waals surface area contributed by atoms with Crippen LogP contribution in [-0.2, 0) is 16.1 Å². The third kappa shape index (κ3) is 3.85. The number of aromatic nitrogens is 2. The fourth-order valence-electron chi connectivity index (χ4n) is 5.27. The van der Waals surface area contributed by atoms with Gasteiger partial charge in [-0.05, 0) is 49.2 Å². The normalized spacial score (nSPS) is 26.1. The number of carbonyl (C=O) groups is 2. The number of ether oxygens (including phenoxy) is 2. The highest BCUT2D eigenvalue weighted by Gasteiger charge is 2.41. The van der Waals surface area contributed by atoms with Crippen LogP contribution < -0.4 is 25.8 Å². The Kier molecular flexibility index (Phi) is 5.28. The molecule has 4 aliphatic rings. The number of rotatable bonds is 6. The molecule has 2 N–H and O–H groups in total. The number of pyridine rings is 2. The Bertz CT molecular complexity index is 1290. The topological polar surface area (TPSA) is 115 Å². The summed E-state index contributed by atoms with van der Waals surface area (Å²) in [6, 6.07) is 6.42. The highest BCUT2D eigenvalue weighted by atomic mass is 19.1. The van der Waals surface area contributed by atoms with Gasteiger partial charge in [-0.3, -0.25) is 14.5 Å². The van der Waals surface area contributed by atoms with Gasteiger partial charge in [0.25, 0.3) is 11.5 Å². The molecule has 35 heavy (non-hydrogen) atoms. The maximum Gasteiger partial charge on any atom is 0.415 e. The van der Waals surface area contributed by atoms with Crippen LogP contribution in [0.2, 0.25) is 0 Å². The van der Waals surface area contributed by atoms with Gasteiger partial charge in [0, 0.05) is 24.3 Å². The SMILES string of the molecule is O=C1COc2ccc(N3C[C@H](CCCN[C@@H]4Cn5c6c(ccc5=O)C=CC(F)C64)OC3=O)nc2N1. The zero-order chi connectivity index (χ0) is 24.1. The summed E-state index contributed by atoms with van der Waals surface area (Å²) in [6.07, 6.45) is 2.68. The van der Waals surface area contributed by atoms with Crippen molar-refractivity contribution < 1.29 is 23.5 Å². The molecule has 10 nitrogen and oxygen atoms in total. The average Bonchev–Trinajstić information content (AvgIpc) is 3.42. The molecule has 11 heteroatoms. The monoisotopic (exact) mass is 481 g/mol. The predicted molar refractivity (Wildman–Crippen MR) is 124 cm³/mol. The van der Waals surface area contributed by atoms with Gasteiger partial charge < -0.3 is 24.7 Å². The van der Waals surface area contributed by atoms with E-state index in [1.165, 1.54) is 11.0 Å². The fraction of sp³-hybridized carbons (Fsp3) is 0.417. The van der Waals surface area contributed by atoms with Crippen LogP contribution in [0, 0.1) is 0 Å². The molecule has 0 aromatic carbocycles. The zero-order valence-corrected chi connectivity index (χ0v) is 18.8. The molecule has 6 rings (SSSR count). The summed E-state index contributed by atoms with van der Waals surface area (Å²) in [4.78, 5) is 42.0. The molecule has 2 amide bonds. The van der Waals surface area contributed by atoms with Crippen molar-refractivity contribution in [2.45, 2.75) is 43.6 Å². The van der Waals surface area contributed by atoms with E-state index in [4.69, 9.17) is 9.47 Å². The molecular weight excluding hydrogens is 457 g/mol. The third-order valence-electron chi connectivity index (χ3n) is 6.91. The van der Waals surface area contributed by atoms with E-state index in [0.29, 0.717) is 44.0 Å². The standard InChI is InChI=1S/C24H24FN5O5/c25-15-5-3-13-4-8-20(32)30-11-16(21(15)22(13)30)26-9-1-2-14-10-29(24(33)35-14)18-7-6-17-23(27-18)28-19(31)12-34-17/h3-8,14-16,21,26H,1-2,9-12H2,(H,27,28,31)/t14-,15?,16+,21?/m0/s1. The van der Waals surface area contributed by atoms with Crippen molar-refractivity contribution in [1.82, 2.24) is 14.9 Å². The molecule has 0 saturated carbocycles. The molecule has 182 valence electrons. The van der Waals surface area contributed by atoms with Gasteiger partial charge in [-0.15, -0.1) is 0 Å². The number of anilines is 2. The van der Waals surface area contributed by atoms with Crippen molar-refractivity contribution in [2.24, 2.45) is 0 Å². The van der Waals surface area contributed by atoms with Gasteiger partial charge in [0.2, 0.25) is 0 Å². The number of hydrogen-bond acceptors (Lipinski definition) is 7. The lowest BCUT2D eigenvalue weighted by Gasteiger charge is -2.25. The van der Waals surface area contributed by atoms with Crippen LogP contribution in [0.5, 0.6) is 5.75 Å². The third-order valence-corrected chi connectivity index (χ3v) is 6.91.